The fourth-order valence-corrected chi connectivity index (χ4v) is 2.29. The molecule has 6 heteroatoms. The molecule has 0 radical (unpaired) electrons. The predicted molar refractivity (Wildman–Crippen MR) is 74.8 cm³/mol. The Morgan fingerprint density at radius 1 is 1.61 bits per heavy atom. The van der Waals surface area contributed by atoms with Crippen LogP contribution in [0.4, 0.5) is 5.95 Å². The van der Waals surface area contributed by atoms with Crippen LogP contribution in [0.1, 0.15) is 25.5 Å². The fraction of sp³-hybridized carbons (Fsp3) is 0.583. The summed E-state index contributed by atoms with van der Waals surface area (Å²) in [6.45, 7) is 3.82. The molecule has 1 unspecified atom stereocenters. The molecule has 18 heavy (non-hydrogen) atoms. The Balaban J connectivity index is 2.21. The van der Waals surface area contributed by atoms with E-state index in [-0.39, 0.29) is 5.60 Å². The van der Waals surface area contributed by atoms with E-state index in [0.717, 1.165) is 25.9 Å². The van der Waals surface area contributed by atoms with Crippen molar-refractivity contribution in [2.45, 2.75) is 25.4 Å². The maximum atomic E-state index is 5.59. The van der Waals surface area contributed by atoms with Crippen molar-refractivity contribution in [2.24, 2.45) is 5.73 Å². The highest BCUT2D eigenvalue weighted by Crippen LogP contribution is 2.26. The van der Waals surface area contributed by atoms with Crippen LogP contribution < -0.4 is 10.6 Å². The van der Waals surface area contributed by atoms with Gasteiger partial charge in [0.15, 0.2) is 0 Å². The van der Waals surface area contributed by atoms with Gasteiger partial charge >= 0.3 is 0 Å². The van der Waals surface area contributed by atoms with Crippen LogP contribution in [0.3, 0.4) is 0 Å². The number of hydrogen-bond acceptors (Lipinski definition) is 5. The first-order valence-electron chi connectivity index (χ1n) is 5.97. The number of thiocarbonyl (C=S) groups is 1. The quantitative estimate of drug-likeness (QED) is 0.827. The van der Waals surface area contributed by atoms with Gasteiger partial charge in [0, 0.05) is 26.4 Å². The van der Waals surface area contributed by atoms with Crippen molar-refractivity contribution in [1.29, 1.82) is 0 Å². The third-order valence-corrected chi connectivity index (χ3v) is 3.54. The van der Waals surface area contributed by atoms with Crippen LogP contribution in [0, 0.1) is 0 Å². The number of nitrogens with zero attached hydrogens (tertiary/aromatic N) is 3. The van der Waals surface area contributed by atoms with Crippen LogP contribution in [-0.2, 0) is 4.74 Å². The SMILES string of the molecule is COC1(C)CCCN(c2nccc(C(N)=S)n2)C1. The molecule has 1 fully saturated rings. The molecule has 0 amide bonds. The minimum Gasteiger partial charge on any atom is -0.388 e. The Bertz CT molecular complexity index is 453. The molecule has 2 heterocycles. The molecule has 1 aliphatic heterocycles. The average Bonchev–Trinajstić information content (AvgIpc) is 2.39. The average molecular weight is 266 g/mol. The Morgan fingerprint density at radius 2 is 2.39 bits per heavy atom. The van der Waals surface area contributed by atoms with Crippen LogP contribution in [0.25, 0.3) is 0 Å². The van der Waals surface area contributed by atoms with E-state index in [1.807, 2.05) is 0 Å². The number of aromatic nitrogens is 2. The first kappa shape index (κ1) is 13.2. The van der Waals surface area contributed by atoms with Gasteiger partial charge in [-0.2, -0.15) is 0 Å². The maximum absolute atomic E-state index is 5.59. The first-order chi connectivity index (χ1) is 8.54. The van der Waals surface area contributed by atoms with E-state index in [2.05, 4.69) is 21.8 Å². The molecule has 1 aliphatic rings. The van der Waals surface area contributed by atoms with Gasteiger partial charge < -0.3 is 15.4 Å². The van der Waals surface area contributed by atoms with E-state index in [4.69, 9.17) is 22.7 Å². The normalized spacial score (nSPS) is 24.0. The molecule has 1 aromatic rings. The number of rotatable bonds is 3. The second-order valence-electron chi connectivity index (χ2n) is 4.79. The van der Waals surface area contributed by atoms with Crippen LogP contribution in [-0.4, -0.2) is 40.8 Å². The van der Waals surface area contributed by atoms with Crippen molar-refractivity contribution in [3.05, 3.63) is 18.0 Å². The Kier molecular flexibility index (Phi) is 3.77. The highest BCUT2D eigenvalue weighted by Gasteiger charge is 2.31. The molecule has 0 saturated carbocycles. The van der Waals surface area contributed by atoms with Crippen molar-refractivity contribution in [2.75, 3.05) is 25.1 Å². The summed E-state index contributed by atoms with van der Waals surface area (Å²) in [5.41, 5.74) is 6.06. The molecule has 0 spiro atoms. The lowest BCUT2D eigenvalue weighted by atomic mass is 9.95. The molecule has 0 bridgehead atoms. The summed E-state index contributed by atoms with van der Waals surface area (Å²) in [7, 11) is 1.75. The van der Waals surface area contributed by atoms with Gasteiger partial charge in [-0.1, -0.05) is 12.2 Å². The van der Waals surface area contributed by atoms with Gasteiger partial charge in [-0.15, -0.1) is 0 Å². The summed E-state index contributed by atoms with van der Waals surface area (Å²) in [5.74, 6) is 0.670. The van der Waals surface area contributed by atoms with Crippen molar-refractivity contribution < 1.29 is 4.74 Å². The monoisotopic (exact) mass is 266 g/mol. The molecule has 2 rings (SSSR count). The lowest BCUT2D eigenvalue weighted by molar-refractivity contribution is -0.00499. The van der Waals surface area contributed by atoms with Crippen LogP contribution in [0.2, 0.25) is 0 Å². The molecule has 1 atom stereocenters. The minimum atomic E-state index is -0.138. The van der Waals surface area contributed by atoms with Gasteiger partial charge in [0.1, 0.15) is 10.7 Å². The molecular formula is C12H18N4OS. The van der Waals surface area contributed by atoms with Crippen molar-refractivity contribution in [3.63, 3.8) is 0 Å². The van der Waals surface area contributed by atoms with E-state index in [1.54, 1.807) is 19.4 Å². The van der Waals surface area contributed by atoms with Crippen molar-refractivity contribution >= 4 is 23.2 Å². The molecular weight excluding hydrogens is 248 g/mol. The first-order valence-corrected chi connectivity index (χ1v) is 6.38. The van der Waals surface area contributed by atoms with Crippen LogP contribution in [0.15, 0.2) is 12.3 Å². The second-order valence-corrected chi connectivity index (χ2v) is 5.23. The summed E-state index contributed by atoms with van der Waals surface area (Å²) in [4.78, 5) is 11.1. The standard InChI is InChI=1S/C12H18N4OS/c1-12(17-2)5-3-7-16(8-12)11-14-6-4-9(15-11)10(13)18/h4,6H,3,5,7-8H2,1-2H3,(H2,13,18). The Morgan fingerprint density at radius 3 is 3.06 bits per heavy atom. The minimum absolute atomic E-state index is 0.138. The van der Waals surface area contributed by atoms with Gasteiger partial charge in [-0.25, -0.2) is 9.97 Å². The molecule has 98 valence electrons. The van der Waals surface area contributed by atoms with Crippen molar-refractivity contribution in [1.82, 2.24) is 9.97 Å². The lowest BCUT2D eigenvalue weighted by Crippen LogP contribution is -2.48. The van der Waals surface area contributed by atoms with Gasteiger partial charge in [0.2, 0.25) is 5.95 Å². The molecule has 1 saturated heterocycles. The summed E-state index contributed by atoms with van der Waals surface area (Å²) >= 11 is 4.94. The molecule has 0 aromatic carbocycles. The molecule has 2 N–H and O–H groups in total. The fourth-order valence-electron chi connectivity index (χ4n) is 2.18. The predicted octanol–water partition coefficient (Wildman–Crippen LogP) is 1.12. The topological polar surface area (TPSA) is 64.3 Å². The Hall–Kier alpha value is -1.27. The zero-order valence-electron chi connectivity index (χ0n) is 10.7. The third-order valence-electron chi connectivity index (χ3n) is 3.33. The van der Waals surface area contributed by atoms with Crippen LogP contribution in [0.5, 0.6) is 0 Å². The van der Waals surface area contributed by atoms with Gasteiger partial charge in [-0.3, -0.25) is 0 Å². The summed E-state index contributed by atoms with van der Waals surface area (Å²) in [5, 5.41) is 0. The van der Waals surface area contributed by atoms with Crippen LogP contribution >= 0.6 is 12.2 Å². The summed E-state index contributed by atoms with van der Waals surface area (Å²) in [6, 6.07) is 1.73. The van der Waals surface area contributed by atoms with E-state index in [9.17, 15) is 0 Å². The number of nitrogens with two attached hydrogens (primary N) is 1. The zero-order valence-corrected chi connectivity index (χ0v) is 11.5. The van der Waals surface area contributed by atoms with E-state index < -0.39 is 0 Å². The Labute approximate surface area is 112 Å². The smallest absolute Gasteiger partial charge is 0.226 e. The van der Waals surface area contributed by atoms with Gasteiger partial charge in [0.25, 0.3) is 0 Å². The van der Waals surface area contributed by atoms with E-state index >= 15 is 0 Å². The largest absolute Gasteiger partial charge is 0.388 e. The number of hydrogen-bond donors (Lipinski definition) is 1. The second kappa shape index (κ2) is 5.16. The number of methoxy groups -OCH3 is 1. The molecule has 5 nitrogen and oxygen atoms in total. The highest BCUT2D eigenvalue weighted by atomic mass is 32.1. The van der Waals surface area contributed by atoms with E-state index in [1.165, 1.54) is 0 Å². The third kappa shape index (κ3) is 2.76. The van der Waals surface area contributed by atoms with Gasteiger partial charge in [0.05, 0.1) is 5.60 Å². The highest BCUT2D eigenvalue weighted by molar-refractivity contribution is 7.80. The van der Waals surface area contributed by atoms with Gasteiger partial charge in [-0.05, 0) is 25.8 Å². The summed E-state index contributed by atoms with van der Waals surface area (Å²) in [6.07, 6.45) is 3.80. The number of anilines is 1. The number of ether oxygens (including phenoxy) is 1. The summed E-state index contributed by atoms with van der Waals surface area (Å²) < 4.78 is 5.56. The maximum Gasteiger partial charge on any atom is 0.226 e. The lowest BCUT2D eigenvalue weighted by Gasteiger charge is -2.39. The number of piperidine rings is 1. The molecule has 1 aromatic heterocycles. The van der Waals surface area contributed by atoms with E-state index in [0.29, 0.717) is 16.6 Å². The van der Waals surface area contributed by atoms with Crippen molar-refractivity contribution in [3.8, 4) is 0 Å². The zero-order chi connectivity index (χ0) is 13.2. The molecule has 0 aliphatic carbocycles.